The van der Waals surface area contributed by atoms with Crippen LogP contribution in [0.2, 0.25) is 0 Å². The third-order valence-electron chi connectivity index (χ3n) is 4.06. The van der Waals surface area contributed by atoms with Gasteiger partial charge in [-0.3, -0.25) is 4.79 Å². The number of amides is 1. The Kier molecular flexibility index (Phi) is 5.13. The van der Waals surface area contributed by atoms with E-state index in [1.807, 2.05) is 0 Å². The minimum absolute atomic E-state index is 0.432. The highest BCUT2D eigenvalue weighted by atomic mass is 19.2. The van der Waals surface area contributed by atoms with Crippen LogP contribution in [0.15, 0.2) is 4.99 Å². The number of aliphatic hydroxyl groups excluding tert-OH is 3. The second-order valence-electron chi connectivity index (χ2n) is 5.73. The van der Waals surface area contributed by atoms with Crippen LogP contribution in [-0.4, -0.2) is 92.3 Å². The number of guanidine groups is 1. The van der Waals surface area contributed by atoms with Crippen LogP contribution in [0.4, 0.5) is 8.87 Å². The standard InChI is InChI=1S/C12H18F2N4O7/c1-3(20)16-5-6-9(18(14)11(15)17-6)12(13,10(23)24)25-8(5)7(22)4(21)2-19/h4-9,19,21-22H,2H2,1H3,(H2,15,17)(H,16,20)(H,23,24)/t4-,5?,6?,7-,8?,9?,12?/m1/s1. The SMILES string of the molecule is CC(=O)NC1C2N=C(N)N(F)C2C(F)(C(=O)O)OC1[C@H](O)[C@H](O)CO. The molecular weight excluding hydrogens is 350 g/mol. The highest BCUT2D eigenvalue weighted by Crippen LogP contribution is 2.40. The van der Waals surface area contributed by atoms with E-state index in [-0.39, 0.29) is 0 Å². The fourth-order valence-corrected chi connectivity index (χ4v) is 2.92. The van der Waals surface area contributed by atoms with Gasteiger partial charge in [-0.2, -0.15) is 9.51 Å². The molecule has 2 heterocycles. The van der Waals surface area contributed by atoms with Gasteiger partial charge in [0.1, 0.15) is 24.4 Å². The van der Waals surface area contributed by atoms with E-state index in [2.05, 4.69) is 10.3 Å². The Morgan fingerprint density at radius 3 is 2.60 bits per heavy atom. The van der Waals surface area contributed by atoms with E-state index < -0.39 is 71.9 Å². The number of nitrogens with zero attached hydrogens (tertiary/aromatic N) is 2. The van der Waals surface area contributed by atoms with Gasteiger partial charge >= 0.3 is 11.8 Å². The minimum atomic E-state index is -3.69. The van der Waals surface area contributed by atoms with Gasteiger partial charge in [-0.25, -0.2) is 9.79 Å². The lowest BCUT2D eigenvalue weighted by molar-refractivity contribution is -0.279. The molecule has 2 rings (SSSR count). The van der Waals surface area contributed by atoms with E-state index in [0.717, 1.165) is 6.92 Å². The number of hydrogen-bond acceptors (Lipinski definition) is 9. The van der Waals surface area contributed by atoms with Crippen molar-refractivity contribution in [3.63, 3.8) is 0 Å². The number of carboxylic acids is 1. The third-order valence-corrected chi connectivity index (χ3v) is 4.06. The zero-order valence-corrected chi connectivity index (χ0v) is 12.9. The summed E-state index contributed by atoms with van der Waals surface area (Å²) in [4.78, 5) is 26.4. The first kappa shape index (κ1) is 19.2. The quantitative estimate of drug-likeness (QED) is 0.270. The first-order valence-electron chi connectivity index (χ1n) is 7.17. The third kappa shape index (κ3) is 3.10. The number of carboxylic acid groups (broad SMARTS) is 1. The molecule has 11 nitrogen and oxygen atoms in total. The number of alkyl halides is 1. The molecule has 0 aliphatic carbocycles. The van der Waals surface area contributed by atoms with Crippen molar-refractivity contribution >= 4 is 17.8 Å². The Bertz CT molecular complexity index is 594. The molecule has 0 spiro atoms. The number of nitrogens with one attached hydrogen (secondary N) is 1. The second kappa shape index (κ2) is 6.67. The largest absolute Gasteiger partial charge is 0.477 e. The van der Waals surface area contributed by atoms with Crippen LogP contribution in [-0.2, 0) is 14.3 Å². The molecular formula is C12H18F2N4O7. The topological polar surface area (TPSA) is 178 Å². The molecule has 142 valence electrons. The number of hydrogen-bond donors (Lipinski definition) is 6. The fraction of sp³-hybridized carbons (Fsp3) is 0.750. The molecule has 0 radical (unpaired) electrons. The van der Waals surface area contributed by atoms with E-state index in [1.54, 1.807) is 0 Å². The molecule has 1 fully saturated rings. The van der Waals surface area contributed by atoms with Gasteiger partial charge in [-0.05, 0) is 0 Å². The lowest BCUT2D eigenvalue weighted by Gasteiger charge is -2.46. The van der Waals surface area contributed by atoms with Crippen LogP contribution in [0, 0.1) is 0 Å². The van der Waals surface area contributed by atoms with E-state index in [0.29, 0.717) is 0 Å². The highest BCUT2D eigenvalue weighted by molar-refractivity contribution is 5.84. The Morgan fingerprint density at radius 1 is 1.52 bits per heavy atom. The second-order valence-corrected chi connectivity index (χ2v) is 5.73. The van der Waals surface area contributed by atoms with Crippen molar-refractivity contribution in [2.45, 2.75) is 49.2 Å². The number of ether oxygens (including phenoxy) is 1. The monoisotopic (exact) mass is 368 g/mol. The smallest absolute Gasteiger partial charge is 0.372 e. The summed E-state index contributed by atoms with van der Waals surface area (Å²) in [6.07, 6.45) is -5.72. The summed E-state index contributed by atoms with van der Waals surface area (Å²) in [5.41, 5.74) is 5.28. The number of aliphatic hydroxyl groups is 3. The van der Waals surface area contributed by atoms with Crippen LogP contribution >= 0.6 is 0 Å². The minimum Gasteiger partial charge on any atom is -0.477 e. The normalized spacial score (nSPS) is 37.0. The van der Waals surface area contributed by atoms with Crippen LogP contribution in [0.5, 0.6) is 0 Å². The summed E-state index contributed by atoms with van der Waals surface area (Å²) in [6.45, 7) is 0.0968. The number of halogens is 2. The number of nitrogens with two attached hydrogens (primary N) is 1. The summed E-state index contributed by atoms with van der Waals surface area (Å²) >= 11 is 0. The molecule has 1 saturated heterocycles. The van der Waals surface area contributed by atoms with Gasteiger partial charge in [0.25, 0.3) is 0 Å². The zero-order valence-electron chi connectivity index (χ0n) is 12.9. The van der Waals surface area contributed by atoms with Crippen molar-refractivity contribution in [2.75, 3.05) is 6.61 Å². The summed E-state index contributed by atoms with van der Waals surface area (Å²) in [5, 5.41) is 39.5. The summed E-state index contributed by atoms with van der Waals surface area (Å²) in [6, 6.07) is -5.17. The van der Waals surface area contributed by atoms with Crippen molar-refractivity contribution in [3.8, 4) is 0 Å². The van der Waals surface area contributed by atoms with Gasteiger partial charge in [0.15, 0.2) is 6.04 Å². The van der Waals surface area contributed by atoms with Crippen molar-refractivity contribution in [1.29, 1.82) is 0 Å². The van der Waals surface area contributed by atoms with Crippen LogP contribution in [0.3, 0.4) is 0 Å². The van der Waals surface area contributed by atoms with Crippen LogP contribution in [0.25, 0.3) is 0 Å². The predicted octanol–water partition coefficient (Wildman–Crippen LogP) is -3.39. The van der Waals surface area contributed by atoms with Gasteiger partial charge in [-0.15, -0.1) is 0 Å². The summed E-state index contributed by atoms with van der Waals surface area (Å²) in [5.74, 6) is -7.45. The number of carbonyl (C=O) groups excluding carboxylic acids is 1. The average molecular weight is 368 g/mol. The molecule has 0 aromatic rings. The van der Waals surface area contributed by atoms with Crippen LogP contribution in [0.1, 0.15) is 6.92 Å². The Balaban J connectivity index is 2.51. The lowest BCUT2D eigenvalue weighted by atomic mass is 9.84. The molecule has 13 heteroatoms. The van der Waals surface area contributed by atoms with Crippen LogP contribution < -0.4 is 11.1 Å². The van der Waals surface area contributed by atoms with Gasteiger partial charge in [0.05, 0.1) is 12.6 Å². The predicted molar refractivity (Wildman–Crippen MR) is 75.2 cm³/mol. The molecule has 25 heavy (non-hydrogen) atoms. The van der Waals surface area contributed by atoms with Gasteiger partial charge in [0, 0.05) is 6.92 Å². The highest BCUT2D eigenvalue weighted by Gasteiger charge is 2.67. The molecule has 0 aromatic heterocycles. The van der Waals surface area contributed by atoms with E-state index in [1.165, 1.54) is 0 Å². The first-order chi connectivity index (χ1) is 11.5. The molecule has 2 aliphatic heterocycles. The molecule has 0 saturated carbocycles. The average Bonchev–Trinajstić information content (AvgIpc) is 2.84. The number of aliphatic carboxylic acids is 1. The summed E-state index contributed by atoms with van der Waals surface area (Å²) < 4.78 is 33.8. The molecule has 1 amide bonds. The van der Waals surface area contributed by atoms with Gasteiger partial charge in [0.2, 0.25) is 11.9 Å². The molecule has 7 N–H and O–H groups in total. The Hall–Kier alpha value is -2.09. The molecule has 0 bridgehead atoms. The molecule has 0 aromatic carbocycles. The van der Waals surface area contributed by atoms with E-state index in [4.69, 9.17) is 20.7 Å². The molecule has 5 unspecified atom stereocenters. The number of aliphatic imine (C=N–C) groups is 1. The molecule has 7 atom stereocenters. The maximum absolute atomic E-state index is 15.0. The molecule has 2 aliphatic rings. The Morgan fingerprint density at radius 2 is 2.12 bits per heavy atom. The summed E-state index contributed by atoms with van der Waals surface area (Å²) in [7, 11) is 0. The van der Waals surface area contributed by atoms with Crippen molar-refractivity contribution in [1.82, 2.24) is 10.4 Å². The number of rotatable bonds is 5. The maximum atomic E-state index is 15.0. The maximum Gasteiger partial charge on any atom is 0.372 e. The Labute approximate surface area is 139 Å². The van der Waals surface area contributed by atoms with E-state index >= 15 is 0 Å². The van der Waals surface area contributed by atoms with Crippen molar-refractivity contribution in [3.05, 3.63) is 0 Å². The van der Waals surface area contributed by atoms with Gasteiger partial charge < -0.3 is 36.2 Å². The van der Waals surface area contributed by atoms with E-state index in [9.17, 15) is 28.7 Å². The van der Waals surface area contributed by atoms with Gasteiger partial charge in [-0.1, -0.05) is 4.48 Å². The number of fused-ring (bicyclic) bond motifs is 1. The first-order valence-corrected chi connectivity index (χ1v) is 7.17. The van der Waals surface area contributed by atoms with Crippen molar-refractivity contribution < 1.29 is 43.6 Å². The number of carbonyl (C=O) groups is 2. The zero-order chi connectivity index (χ0) is 19.1. The van der Waals surface area contributed by atoms with Crippen molar-refractivity contribution in [2.24, 2.45) is 10.7 Å². The lowest BCUT2D eigenvalue weighted by Crippen LogP contribution is -2.72. The fourth-order valence-electron chi connectivity index (χ4n) is 2.92.